The van der Waals surface area contributed by atoms with Crippen molar-refractivity contribution in [2.45, 2.75) is 70.1 Å². The van der Waals surface area contributed by atoms with E-state index in [1.54, 1.807) is 13.8 Å². The molecule has 0 spiro atoms. The molecule has 5 nitrogen and oxygen atoms in total. The van der Waals surface area contributed by atoms with Crippen LogP contribution in [0.25, 0.3) is 0 Å². The molecule has 2 atom stereocenters. The molecule has 0 aromatic carbocycles. The van der Waals surface area contributed by atoms with E-state index in [9.17, 15) is 9.59 Å². The summed E-state index contributed by atoms with van der Waals surface area (Å²) in [5, 5.41) is 2.91. The highest BCUT2D eigenvalue weighted by atomic mass is 16.5. The van der Waals surface area contributed by atoms with Crippen LogP contribution in [0.1, 0.15) is 52.9 Å². The fourth-order valence-electron chi connectivity index (χ4n) is 3.66. The van der Waals surface area contributed by atoms with E-state index in [-0.39, 0.29) is 17.9 Å². The van der Waals surface area contributed by atoms with Crippen molar-refractivity contribution >= 4 is 11.8 Å². The van der Waals surface area contributed by atoms with Crippen LogP contribution in [0.15, 0.2) is 0 Å². The number of hydrogen-bond acceptors (Lipinski definition) is 3. The summed E-state index contributed by atoms with van der Waals surface area (Å²) >= 11 is 0. The van der Waals surface area contributed by atoms with Gasteiger partial charge in [-0.3, -0.25) is 9.59 Å². The van der Waals surface area contributed by atoms with Gasteiger partial charge in [-0.1, -0.05) is 0 Å². The fourth-order valence-corrected chi connectivity index (χ4v) is 3.66. The molecule has 1 N–H and O–H groups in total. The Balaban J connectivity index is 1.79. The Morgan fingerprint density at radius 1 is 1.24 bits per heavy atom. The van der Waals surface area contributed by atoms with Crippen LogP contribution in [0, 0.1) is 5.92 Å². The van der Waals surface area contributed by atoms with E-state index in [0.29, 0.717) is 12.5 Å². The minimum absolute atomic E-state index is 0.00180. The van der Waals surface area contributed by atoms with Crippen LogP contribution in [0.2, 0.25) is 0 Å². The molecule has 1 aliphatic carbocycles. The van der Waals surface area contributed by atoms with Crippen LogP contribution in [0.5, 0.6) is 0 Å². The summed E-state index contributed by atoms with van der Waals surface area (Å²) in [6.45, 7) is 6.96. The van der Waals surface area contributed by atoms with Crippen molar-refractivity contribution in [3.8, 4) is 0 Å². The van der Waals surface area contributed by atoms with Crippen molar-refractivity contribution in [3.05, 3.63) is 0 Å². The van der Waals surface area contributed by atoms with Crippen LogP contribution in [-0.2, 0) is 14.3 Å². The molecule has 2 amide bonds. The zero-order valence-corrected chi connectivity index (χ0v) is 13.3. The molecule has 0 bridgehead atoms. The van der Waals surface area contributed by atoms with E-state index >= 15 is 0 Å². The average Bonchev–Trinajstić information content (AvgIpc) is 3.15. The van der Waals surface area contributed by atoms with Gasteiger partial charge >= 0.3 is 0 Å². The Labute approximate surface area is 126 Å². The Bertz CT molecular complexity index is 452. The molecule has 118 valence electrons. The molecule has 2 aliphatic heterocycles. The van der Waals surface area contributed by atoms with Gasteiger partial charge < -0.3 is 15.0 Å². The van der Waals surface area contributed by atoms with Gasteiger partial charge in [0.25, 0.3) is 0 Å². The monoisotopic (exact) mass is 294 g/mol. The lowest BCUT2D eigenvalue weighted by atomic mass is 9.84. The average molecular weight is 294 g/mol. The molecular weight excluding hydrogens is 268 g/mol. The van der Waals surface area contributed by atoms with E-state index in [4.69, 9.17) is 4.74 Å². The zero-order chi connectivity index (χ0) is 15.3. The van der Waals surface area contributed by atoms with E-state index in [2.05, 4.69) is 5.32 Å². The third-order valence-corrected chi connectivity index (χ3v) is 5.30. The molecule has 5 heteroatoms. The van der Waals surface area contributed by atoms with Crippen molar-refractivity contribution in [2.75, 3.05) is 13.2 Å². The van der Waals surface area contributed by atoms with Gasteiger partial charge in [-0.05, 0) is 58.8 Å². The summed E-state index contributed by atoms with van der Waals surface area (Å²) in [5.41, 5.74) is -1.48. The number of hydrogen-bond donors (Lipinski definition) is 1. The molecule has 2 unspecified atom stereocenters. The molecule has 1 saturated carbocycles. The number of ether oxygens (including phenoxy) is 1. The minimum Gasteiger partial charge on any atom is -0.378 e. The third-order valence-electron chi connectivity index (χ3n) is 5.30. The van der Waals surface area contributed by atoms with Crippen LogP contribution < -0.4 is 5.32 Å². The second-order valence-corrected chi connectivity index (χ2v) is 7.38. The van der Waals surface area contributed by atoms with Crippen LogP contribution in [-0.4, -0.2) is 47.0 Å². The van der Waals surface area contributed by atoms with Crippen molar-refractivity contribution < 1.29 is 14.3 Å². The normalized spacial score (nSPS) is 36.0. The first-order valence-electron chi connectivity index (χ1n) is 8.12. The Morgan fingerprint density at radius 2 is 1.95 bits per heavy atom. The summed E-state index contributed by atoms with van der Waals surface area (Å²) in [5.74, 6) is 0.346. The first-order chi connectivity index (χ1) is 9.85. The summed E-state index contributed by atoms with van der Waals surface area (Å²) in [6.07, 6.45) is 5.32. The molecule has 0 radical (unpaired) electrons. The first-order valence-corrected chi connectivity index (χ1v) is 8.12. The molecule has 2 heterocycles. The summed E-state index contributed by atoms with van der Waals surface area (Å²) < 4.78 is 5.66. The quantitative estimate of drug-likeness (QED) is 0.854. The van der Waals surface area contributed by atoms with Gasteiger partial charge in [-0.2, -0.15) is 0 Å². The number of nitrogens with zero attached hydrogens (tertiary/aromatic N) is 1. The molecule has 0 aromatic heterocycles. The van der Waals surface area contributed by atoms with Gasteiger partial charge in [0.2, 0.25) is 11.8 Å². The van der Waals surface area contributed by atoms with Crippen LogP contribution in [0.3, 0.4) is 0 Å². The number of amides is 2. The highest BCUT2D eigenvalue weighted by molar-refractivity contribution is 6.02. The standard InChI is InChI=1S/C16H26N2O3/c1-15(2)14(20)18(9-8-12-5-4-10-21-12)16(3,11-6-7-11)13(19)17-15/h11-12H,4-10H2,1-3H3,(H,17,19). The Morgan fingerprint density at radius 3 is 2.52 bits per heavy atom. The second kappa shape index (κ2) is 4.97. The summed E-state index contributed by atoms with van der Waals surface area (Å²) in [4.78, 5) is 27.3. The van der Waals surface area contributed by atoms with Crippen LogP contribution in [0.4, 0.5) is 0 Å². The highest BCUT2D eigenvalue weighted by Crippen LogP contribution is 2.45. The molecule has 3 rings (SSSR count). The molecule has 2 saturated heterocycles. The number of piperazine rings is 1. The van der Waals surface area contributed by atoms with Gasteiger partial charge in [0.15, 0.2) is 0 Å². The number of carbonyl (C=O) groups is 2. The van der Waals surface area contributed by atoms with Gasteiger partial charge in [0, 0.05) is 13.2 Å². The predicted octanol–water partition coefficient (Wildman–Crippen LogP) is 1.46. The fraction of sp³-hybridized carbons (Fsp3) is 0.875. The Hall–Kier alpha value is -1.10. The highest BCUT2D eigenvalue weighted by Gasteiger charge is 2.58. The number of carbonyl (C=O) groups excluding carboxylic acids is 2. The van der Waals surface area contributed by atoms with Crippen molar-refractivity contribution in [3.63, 3.8) is 0 Å². The van der Waals surface area contributed by atoms with Crippen molar-refractivity contribution in [2.24, 2.45) is 5.92 Å². The van der Waals surface area contributed by atoms with Crippen LogP contribution >= 0.6 is 0 Å². The maximum absolute atomic E-state index is 12.8. The topological polar surface area (TPSA) is 58.6 Å². The minimum atomic E-state index is -0.804. The summed E-state index contributed by atoms with van der Waals surface area (Å²) in [6, 6.07) is 0. The lowest BCUT2D eigenvalue weighted by molar-refractivity contribution is -0.162. The maximum Gasteiger partial charge on any atom is 0.248 e. The molecule has 3 aliphatic rings. The predicted molar refractivity (Wildman–Crippen MR) is 78.7 cm³/mol. The van der Waals surface area contributed by atoms with Crippen molar-refractivity contribution in [1.29, 1.82) is 0 Å². The Kier molecular flexibility index (Phi) is 3.51. The maximum atomic E-state index is 12.8. The summed E-state index contributed by atoms with van der Waals surface area (Å²) in [7, 11) is 0. The van der Waals surface area contributed by atoms with E-state index < -0.39 is 11.1 Å². The van der Waals surface area contributed by atoms with Gasteiger partial charge in [-0.25, -0.2) is 0 Å². The van der Waals surface area contributed by atoms with Gasteiger partial charge in [0.05, 0.1) is 6.10 Å². The van der Waals surface area contributed by atoms with E-state index in [0.717, 1.165) is 38.7 Å². The lowest BCUT2D eigenvalue weighted by Gasteiger charge is -2.49. The smallest absolute Gasteiger partial charge is 0.248 e. The molecule has 0 aromatic rings. The molecule has 3 fully saturated rings. The number of rotatable bonds is 4. The largest absolute Gasteiger partial charge is 0.378 e. The number of nitrogens with one attached hydrogen (secondary N) is 1. The lowest BCUT2D eigenvalue weighted by Crippen LogP contribution is -2.74. The van der Waals surface area contributed by atoms with Gasteiger partial charge in [0.1, 0.15) is 11.1 Å². The van der Waals surface area contributed by atoms with Gasteiger partial charge in [-0.15, -0.1) is 0 Å². The van der Waals surface area contributed by atoms with E-state index in [1.807, 2.05) is 11.8 Å². The van der Waals surface area contributed by atoms with Crippen molar-refractivity contribution in [1.82, 2.24) is 10.2 Å². The molecular formula is C16H26N2O3. The van der Waals surface area contributed by atoms with E-state index in [1.165, 1.54) is 0 Å². The third kappa shape index (κ3) is 2.45. The molecule has 21 heavy (non-hydrogen) atoms. The SMILES string of the molecule is CC1(C)NC(=O)C(C)(C2CC2)N(CCC2CCCO2)C1=O. The second-order valence-electron chi connectivity index (χ2n) is 7.38. The first kappa shape index (κ1) is 14.8. The zero-order valence-electron chi connectivity index (χ0n) is 13.3.